The molecule has 3 N–H and O–H groups in total. The molecule has 1 aliphatic rings. The molecule has 1 rings (SSSR count). The van der Waals surface area contributed by atoms with E-state index >= 15 is 0 Å². The van der Waals surface area contributed by atoms with E-state index < -0.39 is 5.41 Å². The number of hydrogen-bond donors (Lipinski definition) is 2. The van der Waals surface area contributed by atoms with Crippen LogP contribution in [0.5, 0.6) is 0 Å². The molecule has 0 bridgehead atoms. The molecule has 0 aromatic rings. The Labute approximate surface area is 96.3 Å². The summed E-state index contributed by atoms with van der Waals surface area (Å²) in [7, 11) is 0. The molecule has 0 aromatic carbocycles. The van der Waals surface area contributed by atoms with Crippen molar-refractivity contribution < 1.29 is 10.0 Å². The lowest BCUT2D eigenvalue weighted by atomic mass is 9.90. The first kappa shape index (κ1) is 12.8. The number of nitrogens with two attached hydrogens (primary N) is 1. The van der Waals surface area contributed by atoms with Gasteiger partial charge in [-0.1, -0.05) is 5.16 Å². The molecule has 0 heterocycles. The van der Waals surface area contributed by atoms with Gasteiger partial charge in [0.1, 0.15) is 5.41 Å². The largest absolute Gasteiger partial charge is 0.409 e. The zero-order valence-corrected chi connectivity index (χ0v) is 10.2. The Balaban J connectivity index is 2.72. The highest BCUT2D eigenvalue weighted by molar-refractivity contribution is 6.05. The molecule has 0 spiro atoms. The van der Waals surface area contributed by atoms with Crippen LogP contribution in [0, 0.1) is 11.3 Å². The maximum Gasteiger partial charge on any atom is 0.235 e. The Kier molecular flexibility index (Phi) is 3.78. The number of carbonyl (C=O) groups is 1. The number of carbonyl (C=O) groups excluding carboxylic acids is 1. The first-order valence-electron chi connectivity index (χ1n) is 5.70. The van der Waals surface area contributed by atoms with Crippen molar-refractivity contribution >= 4 is 11.7 Å². The van der Waals surface area contributed by atoms with E-state index in [2.05, 4.69) is 5.16 Å². The summed E-state index contributed by atoms with van der Waals surface area (Å²) < 4.78 is 0. The summed E-state index contributed by atoms with van der Waals surface area (Å²) in [4.78, 5) is 14.0. The standard InChI is InChI=1S/C11H21N3O2/c1-4-14(7-8-5-6-8)10(15)11(2,3)9(12)13-16/h8,16H,4-7H2,1-3H3,(H2,12,13). The van der Waals surface area contributed by atoms with Crippen molar-refractivity contribution in [3.8, 4) is 0 Å². The monoisotopic (exact) mass is 227 g/mol. The maximum absolute atomic E-state index is 12.2. The van der Waals surface area contributed by atoms with E-state index in [1.54, 1.807) is 18.7 Å². The number of hydrogen-bond acceptors (Lipinski definition) is 3. The van der Waals surface area contributed by atoms with Crippen LogP contribution in [0.2, 0.25) is 0 Å². The third-order valence-corrected chi connectivity index (χ3v) is 3.13. The van der Waals surface area contributed by atoms with Gasteiger partial charge in [-0.15, -0.1) is 0 Å². The fraction of sp³-hybridized carbons (Fsp3) is 0.818. The van der Waals surface area contributed by atoms with Crippen LogP contribution in [0.4, 0.5) is 0 Å². The quantitative estimate of drug-likeness (QED) is 0.318. The van der Waals surface area contributed by atoms with Crippen LogP contribution < -0.4 is 5.73 Å². The van der Waals surface area contributed by atoms with Crippen LogP contribution >= 0.6 is 0 Å². The molecule has 0 saturated heterocycles. The molecule has 16 heavy (non-hydrogen) atoms. The first-order chi connectivity index (χ1) is 7.43. The van der Waals surface area contributed by atoms with Crippen molar-refractivity contribution in [2.75, 3.05) is 13.1 Å². The number of oxime groups is 1. The van der Waals surface area contributed by atoms with Gasteiger partial charge in [-0.3, -0.25) is 4.79 Å². The maximum atomic E-state index is 12.2. The minimum absolute atomic E-state index is 0.0354. The van der Waals surface area contributed by atoms with E-state index in [0.717, 1.165) is 6.54 Å². The number of amidine groups is 1. The fourth-order valence-corrected chi connectivity index (χ4v) is 1.60. The van der Waals surface area contributed by atoms with Crippen molar-refractivity contribution in [2.24, 2.45) is 22.2 Å². The van der Waals surface area contributed by atoms with Crippen molar-refractivity contribution in [1.82, 2.24) is 4.90 Å². The second-order valence-electron chi connectivity index (χ2n) is 4.90. The Hall–Kier alpha value is -1.26. The van der Waals surface area contributed by atoms with E-state index in [4.69, 9.17) is 10.9 Å². The summed E-state index contributed by atoms with van der Waals surface area (Å²) in [5.74, 6) is 0.538. The van der Waals surface area contributed by atoms with Crippen molar-refractivity contribution in [1.29, 1.82) is 0 Å². The van der Waals surface area contributed by atoms with Gasteiger partial charge in [-0.25, -0.2) is 0 Å². The Morgan fingerprint density at radius 2 is 2.12 bits per heavy atom. The average molecular weight is 227 g/mol. The van der Waals surface area contributed by atoms with E-state index in [-0.39, 0.29) is 11.7 Å². The van der Waals surface area contributed by atoms with E-state index in [9.17, 15) is 4.79 Å². The van der Waals surface area contributed by atoms with Crippen LogP contribution in [0.25, 0.3) is 0 Å². The molecular formula is C11H21N3O2. The smallest absolute Gasteiger partial charge is 0.235 e. The third-order valence-electron chi connectivity index (χ3n) is 3.13. The summed E-state index contributed by atoms with van der Waals surface area (Å²) in [5, 5.41) is 11.6. The fourth-order valence-electron chi connectivity index (χ4n) is 1.60. The second kappa shape index (κ2) is 4.72. The molecule has 92 valence electrons. The normalized spacial score (nSPS) is 17.3. The van der Waals surface area contributed by atoms with Gasteiger partial charge in [0, 0.05) is 13.1 Å². The molecule has 0 unspecified atom stereocenters. The topological polar surface area (TPSA) is 78.9 Å². The molecule has 0 radical (unpaired) electrons. The minimum Gasteiger partial charge on any atom is -0.409 e. The number of amides is 1. The SMILES string of the molecule is CCN(CC1CC1)C(=O)C(C)(C)C(N)=NO. The van der Waals surface area contributed by atoms with Gasteiger partial charge in [-0.2, -0.15) is 0 Å². The summed E-state index contributed by atoms with van der Waals surface area (Å²) >= 11 is 0. The lowest BCUT2D eigenvalue weighted by molar-refractivity contribution is -0.137. The van der Waals surface area contributed by atoms with E-state index in [1.165, 1.54) is 12.8 Å². The second-order valence-corrected chi connectivity index (χ2v) is 4.90. The zero-order chi connectivity index (χ0) is 12.3. The lowest BCUT2D eigenvalue weighted by Crippen LogP contribution is -2.48. The predicted molar refractivity (Wildman–Crippen MR) is 62.2 cm³/mol. The van der Waals surface area contributed by atoms with Crippen LogP contribution in [-0.4, -0.2) is 34.9 Å². The van der Waals surface area contributed by atoms with Crippen molar-refractivity contribution in [3.63, 3.8) is 0 Å². The van der Waals surface area contributed by atoms with Crippen LogP contribution in [0.3, 0.4) is 0 Å². The van der Waals surface area contributed by atoms with Crippen LogP contribution in [-0.2, 0) is 4.79 Å². The summed E-state index contributed by atoms with van der Waals surface area (Å²) in [6, 6.07) is 0. The zero-order valence-electron chi connectivity index (χ0n) is 10.2. The highest BCUT2D eigenvalue weighted by Crippen LogP contribution is 2.31. The summed E-state index contributed by atoms with van der Waals surface area (Å²) in [5.41, 5.74) is 4.61. The number of rotatable bonds is 5. The Morgan fingerprint density at radius 3 is 2.50 bits per heavy atom. The van der Waals surface area contributed by atoms with Gasteiger partial charge in [-0.05, 0) is 39.5 Å². The number of nitrogens with zero attached hydrogens (tertiary/aromatic N) is 2. The van der Waals surface area contributed by atoms with Crippen LogP contribution in [0.1, 0.15) is 33.6 Å². The molecule has 0 aliphatic heterocycles. The molecule has 0 atom stereocenters. The molecule has 1 aliphatic carbocycles. The van der Waals surface area contributed by atoms with Crippen molar-refractivity contribution in [2.45, 2.75) is 33.6 Å². The van der Waals surface area contributed by atoms with Gasteiger partial charge in [0.05, 0.1) is 0 Å². The third kappa shape index (κ3) is 2.65. The van der Waals surface area contributed by atoms with Gasteiger partial charge >= 0.3 is 0 Å². The van der Waals surface area contributed by atoms with E-state index in [1.807, 2.05) is 6.92 Å². The molecule has 1 amide bonds. The minimum atomic E-state index is -0.931. The molecule has 5 nitrogen and oxygen atoms in total. The lowest BCUT2D eigenvalue weighted by Gasteiger charge is -2.30. The van der Waals surface area contributed by atoms with Gasteiger partial charge in [0.25, 0.3) is 0 Å². The average Bonchev–Trinajstić information content (AvgIpc) is 3.07. The van der Waals surface area contributed by atoms with Crippen LogP contribution in [0.15, 0.2) is 5.16 Å². The molecule has 1 saturated carbocycles. The van der Waals surface area contributed by atoms with E-state index in [0.29, 0.717) is 12.5 Å². The summed E-state index contributed by atoms with van der Waals surface area (Å²) in [6.45, 7) is 6.76. The summed E-state index contributed by atoms with van der Waals surface area (Å²) in [6.07, 6.45) is 2.40. The van der Waals surface area contributed by atoms with Crippen molar-refractivity contribution in [3.05, 3.63) is 0 Å². The molecule has 0 aromatic heterocycles. The van der Waals surface area contributed by atoms with Gasteiger partial charge < -0.3 is 15.8 Å². The van der Waals surface area contributed by atoms with Gasteiger partial charge in [0.15, 0.2) is 5.84 Å². The predicted octanol–water partition coefficient (Wildman–Crippen LogP) is 1.02. The van der Waals surface area contributed by atoms with Gasteiger partial charge in [0.2, 0.25) is 5.91 Å². The first-order valence-corrected chi connectivity index (χ1v) is 5.70. The molecule has 1 fully saturated rings. The molecule has 5 heteroatoms. The highest BCUT2D eigenvalue weighted by atomic mass is 16.4. The Bertz CT molecular complexity index is 296. The molecular weight excluding hydrogens is 206 g/mol. The highest BCUT2D eigenvalue weighted by Gasteiger charge is 2.37. The Morgan fingerprint density at radius 1 is 1.56 bits per heavy atom.